The molecule has 2 aromatic heterocycles. The average molecular weight is 406 g/mol. The van der Waals surface area contributed by atoms with Gasteiger partial charge in [-0.1, -0.05) is 12.1 Å². The number of hydrogen-bond donors (Lipinski definition) is 2. The maximum Gasteiger partial charge on any atom is 0.416 e. The standard InChI is InChI=1S/C16H12F6N4S/c1-23-14-25-10-6-11(8-2-4-9(5-3-8)16(20,21)22)27-12(10)13(26-14)24-7-15(17,18)19/h2-6H,7H2,1H3,(H2,23,24,25,26). The van der Waals surface area contributed by atoms with E-state index in [0.717, 1.165) is 23.5 Å². The van der Waals surface area contributed by atoms with Crippen molar-refractivity contribution < 1.29 is 26.3 Å². The number of anilines is 2. The van der Waals surface area contributed by atoms with Gasteiger partial charge in [0.15, 0.2) is 0 Å². The molecule has 0 aliphatic heterocycles. The Morgan fingerprint density at radius 1 is 1.00 bits per heavy atom. The third-order valence-corrected chi connectivity index (χ3v) is 4.73. The van der Waals surface area contributed by atoms with Gasteiger partial charge < -0.3 is 10.6 Å². The van der Waals surface area contributed by atoms with E-state index in [-0.39, 0.29) is 11.8 Å². The minimum absolute atomic E-state index is 0.00448. The zero-order chi connectivity index (χ0) is 19.8. The first-order chi connectivity index (χ1) is 12.6. The molecule has 0 radical (unpaired) electrons. The van der Waals surface area contributed by atoms with E-state index in [1.165, 1.54) is 19.2 Å². The van der Waals surface area contributed by atoms with Crippen LogP contribution < -0.4 is 10.6 Å². The third-order valence-electron chi connectivity index (χ3n) is 3.55. The second-order valence-corrected chi connectivity index (χ2v) is 6.57. The summed E-state index contributed by atoms with van der Waals surface area (Å²) in [6.45, 7) is -1.27. The Bertz CT molecular complexity index is 946. The molecule has 3 aromatic rings. The minimum atomic E-state index is -4.44. The number of aromatic nitrogens is 2. The quantitative estimate of drug-likeness (QED) is 0.570. The van der Waals surface area contributed by atoms with E-state index in [2.05, 4.69) is 20.6 Å². The van der Waals surface area contributed by atoms with Crippen LogP contribution in [0.3, 0.4) is 0 Å². The van der Waals surface area contributed by atoms with Crippen molar-refractivity contribution in [3.05, 3.63) is 35.9 Å². The van der Waals surface area contributed by atoms with Gasteiger partial charge in [-0.3, -0.25) is 0 Å². The lowest BCUT2D eigenvalue weighted by Gasteiger charge is -2.10. The Morgan fingerprint density at radius 2 is 1.67 bits per heavy atom. The number of hydrogen-bond acceptors (Lipinski definition) is 5. The molecule has 4 nitrogen and oxygen atoms in total. The summed E-state index contributed by atoms with van der Waals surface area (Å²) in [5.74, 6) is 0.133. The van der Waals surface area contributed by atoms with E-state index in [1.54, 1.807) is 6.07 Å². The van der Waals surface area contributed by atoms with Crippen LogP contribution in [0, 0.1) is 0 Å². The Morgan fingerprint density at radius 3 is 2.22 bits per heavy atom. The molecule has 11 heteroatoms. The lowest BCUT2D eigenvalue weighted by atomic mass is 10.1. The molecule has 3 rings (SSSR count). The number of benzene rings is 1. The predicted octanol–water partition coefficient (Wildman–Crippen LogP) is 5.39. The van der Waals surface area contributed by atoms with Gasteiger partial charge in [0.25, 0.3) is 0 Å². The van der Waals surface area contributed by atoms with E-state index < -0.39 is 24.5 Å². The highest BCUT2D eigenvalue weighted by atomic mass is 32.1. The van der Waals surface area contributed by atoms with Gasteiger partial charge in [0, 0.05) is 11.9 Å². The SMILES string of the molecule is CNc1nc(NCC(F)(F)F)c2sc(-c3ccc(C(F)(F)F)cc3)cc2n1. The fourth-order valence-corrected chi connectivity index (χ4v) is 3.38. The molecular weight excluding hydrogens is 394 g/mol. The van der Waals surface area contributed by atoms with Crippen LogP contribution in [-0.2, 0) is 6.18 Å². The fourth-order valence-electron chi connectivity index (χ4n) is 2.31. The maximum atomic E-state index is 12.7. The number of fused-ring (bicyclic) bond motifs is 1. The minimum Gasteiger partial charge on any atom is -0.360 e. The summed E-state index contributed by atoms with van der Waals surface area (Å²) in [6, 6.07) is 6.12. The molecule has 2 N–H and O–H groups in total. The Hall–Kier alpha value is -2.56. The van der Waals surface area contributed by atoms with Crippen molar-refractivity contribution in [1.82, 2.24) is 9.97 Å². The summed E-state index contributed by atoms with van der Waals surface area (Å²) in [6.07, 6.45) is -8.87. The van der Waals surface area contributed by atoms with Crippen LogP contribution in [0.4, 0.5) is 38.1 Å². The van der Waals surface area contributed by atoms with Gasteiger partial charge in [-0.2, -0.15) is 31.3 Å². The molecule has 0 aliphatic carbocycles. The third kappa shape index (κ3) is 4.41. The first-order valence-corrected chi connectivity index (χ1v) is 8.36. The van der Waals surface area contributed by atoms with Crippen molar-refractivity contribution in [2.75, 3.05) is 24.2 Å². The molecule has 0 amide bonds. The molecule has 0 unspecified atom stereocenters. The van der Waals surface area contributed by atoms with Crippen LogP contribution in [0.5, 0.6) is 0 Å². The topological polar surface area (TPSA) is 49.8 Å². The first kappa shape index (κ1) is 19.2. The van der Waals surface area contributed by atoms with Gasteiger partial charge in [0.2, 0.25) is 5.95 Å². The van der Waals surface area contributed by atoms with Crippen LogP contribution in [0.25, 0.3) is 20.7 Å². The monoisotopic (exact) mass is 406 g/mol. The second kappa shape index (κ2) is 6.87. The number of alkyl halides is 6. The van der Waals surface area contributed by atoms with Crippen LogP contribution in [0.15, 0.2) is 30.3 Å². The summed E-state index contributed by atoms with van der Waals surface area (Å²) < 4.78 is 76.0. The van der Waals surface area contributed by atoms with Gasteiger partial charge in [-0.05, 0) is 23.8 Å². The predicted molar refractivity (Wildman–Crippen MR) is 91.9 cm³/mol. The molecule has 0 fully saturated rings. The van der Waals surface area contributed by atoms with Crippen LogP contribution >= 0.6 is 11.3 Å². The molecule has 27 heavy (non-hydrogen) atoms. The average Bonchev–Trinajstić information content (AvgIpc) is 3.02. The molecular formula is C16H12F6N4S. The van der Waals surface area contributed by atoms with Gasteiger partial charge in [-0.25, -0.2) is 4.98 Å². The number of rotatable bonds is 4. The van der Waals surface area contributed by atoms with E-state index >= 15 is 0 Å². The van der Waals surface area contributed by atoms with Crippen molar-refractivity contribution in [3.63, 3.8) is 0 Å². The fraction of sp³-hybridized carbons (Fsp3) is 0.250. The Balaban J connectivity index is 2.01. The van der Waals surface area contributed by atoms with E-state index in [0.29, 0.717) is 20.7 Å². The molecule has 0 saturated heterocycles. The van der Waals surface area contributed by atoms with Crippen molar-refractivity contribution >= 4 is 33.3 Å². The molecule has 0 saturated carbocycles. The molecule has 0 aliphatic rings. The molecule has 0 bridgehead atoms. The molecule has 0 spiro atoms. The largest absolute Gasteiger partial charge is 0.416 e. The lowest BCUT2D eigenvalue weighted by Crippen LogP contribution is -2.22. The highest BCUT2D eigenvalue weighted by Gasteiger charge is 2.30. The summed E-state index contributed by atoms with van der Waals surface area (Å²) in [5, 5.41) is 4.91. The van der Waals surface area contributed by atoms with Crippen molar-refractivity contribution in [1.29, 1.82) is 0 Å². The first-order valence-electron chi connectivity index (χ1n) is 7.54. The number of nitrogens with zero attached hydrogens (tertiary/aromatic N) is 2. The Kier molecular flexibility index (Phi) is 4.89. The van der Waals surface area contributed by atoms with Crippen molar-refractivity contribution in [2.45, 2.75) is 12.4 Å². The molecule has 0 atom stereocenters. The smallest absolute Gasteiger partial charge is 0.360 e. The molecule has 144 valence electrons. The van der Waals surface area contributed by atoms with Gasteiger partial charge in [0.1, 0.15) is 12.4 Å². The summed E-state index contributed by atoms with van der Waals surface area (Å²) >= 11 is 1.10. The summed E-state index contributed by atoms with van der Waals surface area (Å²) in [5.41, 5.74) is 0.106. The van der Waals surface area contributed by atoms with E-state index in [1.807, 2.05) is 0 Å². The van der Waals surface area contributed by atoms with Crippen molar-refractivity contribution in [2.24, 2.45) is 0 Å². The highest BCUT2D eigenvalue weighted by Crippen LogP contribution is 2.38. The zero-order valence-corrected chi connectivity index (χ0v) is 14.5. The highest BCUT2D eigenvalue weighted by molar-refractivity contribution is 7.22. The second-order valence-electron chi connectivity index (χ2n) is 5.51. The number of thiophene rings is 1. The van der Waals surface area contributed by atoms with E-state index in [4.69, 9.17) is 0 Å². The van der Waals surface area contributed by atoms with Gasteiger partial charge >= 0.3 is 12.4 Å². The molecule has 1 aromatic carbocycles. The van der Waals surface area contributed by atoms with Crippen LogP contribution in [0.1, 0.15) is 5.56 Å². The lowest BCUT2D eigenvalue weighted by molar-refractivity contribution is -0.137. The number of nitrogens with one attached hydrogen (secondary N) is 2. The summed E-state index contributed by atoms with van der Waals surface area (Å²) in [7, 11) is 1.53. The maximum absolute atomic E-state index is 12.7. The van der Waals surface area contributed by atoms with Crippen molar-refractivity contribution in [3.8, 4) is 10.4 Å². The van der Waals surface area contributed by atoms with Gasteiger partial charge in [-0.15, -0.1) is 11.3 Å². The van der Waals surface area contributed by atoms with Crippen LogP contribution in [0.2, 0.25) is 0 Å². The van der Waals surface area contributed by atoms with Crippen LogP contribution in [-0.4, -0.2) is 29.7 Å². The Labute approximate surface area is 153 Å². The summed E-state index contributed by atoms with van der Waals surface area (Å²) in [4.78, 5) is 8.76. The zero-order valence-electron chi connectivity index (χ0n) is 13.7. The molecule has 2 heterocycles. The normalized spacial score (nSPS) is 12.4. The van der Waals surface area contributed by atoms with Gasteiger partial charge in [0.05, 0.1) is 15.8 Å². The van der Waals surface area contributed by atoms with E-state index in [9.17, 15) is 26.3 Å². The number of halogens is 6.